The van der Waals surface area contributed by atoms with Crippen LogP contribution in [-0.2, 0) is 32.8 Å². The van der Waals surface area contributed by atoms with Crippen molar-refractivity contribution in [3.05, 3.63) is 23.5 Å². The molecule has 0 spiro atoms. The van der Waals surface area contributed by atoms with Crippen LogP contribution in [-0.4, -0.2) is 64.7 Å². The fourth-order valence-corrected chi connectivity index (χ4v) is 4.02. The van der Waals surface area contributed by atoms with Gasteiger partial charge in [0.2, 0.25) is 0 Å². The van der Waals surface area contributed by atoms with Crippen LogP contribution in [0.15, 0.2) is 12.1 Å². The van der Waals surface area contributed by atoms with Gasteiger partial charge in [0.25, 0.3) is 16.0 Å². The summed E-state index contributed by atoms with van der Waals surface area (Å²) in [5.74, 6) is -4.80. The molecule has 1 fully saturated rings. The lowest BCUT2D eigenvalue weighted by Crippen LogP contribution is -2.48. The monoisotopic (exact) mass is 459 g/mol. The molecule has 10 nitrogen and oxygen atoms in total. The molecule has 1 N–H and O–H groups in total. The number of aryl methyl sites for hydroxylation is 2. The predicted molar refractivity (Wildman–Crippen MR) is 106 cm³/mol. The fraction of sp³-hybridized carbons (Fsp3) is 0.556. The van der Waals surface area contributed by atoms with Gasteiger partial charge in [0.05, 0.1) is 42.0 Å². The van der Waals surface area contributed by atoms with Crippen molar-refractivity contribution in [1.82, 2.24) is 20.0 Å². The maximum Gasteiger partial charge on any atom is 0.303 e. The molecule has 1 saturated heterocycles. The number of hydrogen-bond donors (Lipinski definition) is 1. The highest BCUT2D eigenvalue weighted by Gasteiger charge is 2.41. The van der Waals surface area contributed by atoms with Crippen LogP contribution < -0.4 is 4.90 Å². The summed E-state index contributed by atoms with van der Waals surface area (Å²) in [6, 6.07) is 3.20. The van der Waals surface area contributed by atoms with Gasteiger partial charge in [-0.1, -0.05) is 5.21 Å². The number of anilines is 1. The molecule has 1 atom stereocenters. The molecule has 0 unspecified atom stereocenters. The summed E-state index contributed by atoms with van der Waals surface area (Å²) in [6.45, 7) is 1.03. The molecule has 1 aliphatic heterocycles. The van der Waals surface area contributed by atoms with Crippen LogP contribution in [0.3, 0.4) is 0 Å². The van der Waals surface area contributed by atoms with E-state index in [9.17, 15) is 22.0 Å². The number of piperidine rings is 1. The summed E-state index contributed by atoms with van der Waals surface area (Å²) < 4.78 is 57.3. The largest absolute Gasteiger partial charge is 0.481 e. The van der Waals surface area contributed by atoms with E-state index < -0.39 is 40.9 Å². The number of carbonyl (C=O) groups is 1. The van der Waals surface area contributed by atoms with Gasteiger partial charge in [0.1, 0.15) is 12.3 Å². The number of carboxylic acid groups (broad SMARTS) is 1. The first kappa shape index (κ1) is 23.0. The molecule has 0 saturated carbocycles. The molecule has 0 aromatic carbocycles. The molecular weight excluding hydrogens is 436 g/mol. The van der Waals surface area contributed by atoms with Gasteiger partial charge in [-0.05, 0) is 25.0 Å². The van der Waals surface area contributed by atoms with Crippen molar-refractivity contribution in [3.8, 4) is 11.4 Å². The fourth-order valence-electron chi connectivity index (χ4n) is 3.69. The van der Waals surface area contributed by atoms with E-state index in [0.717, 1.165) is 6.26 Å². The van der Waals surface area contributed by atoms with Crippen molar-refractivity contribution in [2.45, 2.75) is 32.3 Å². The minimum absolute atomic E-state index is 0.183. The number of carboxylic acids is 1. The Morgan fingerprint density at radius 2 is 2.10 bits per heavy atom. The summed E-state index contributed by atoms with van der Waals surface area (Å²) in [5.41, 5.74) is 2.00. The zero-order chi connectivity index (χ0) is 23.0. The SMILES string of the molecule is Cc1nc(-c2nnn(C)c2COS(C)(=O)=O)ccc1N1C[C@@H](CC(=O)O)CC(F)(F)C1. The molecule has 13 heteroatoms. The van der Waals surface area contributed by atoms with Crippen molar-refractivity contribution < 1.29 is 31.3 Å². The van der Waals surface area contributed by atoms with E-state index in [2.05, 4.69) is 15.3 Å². The Balaban J connectivity index is 1.88. The molecule has 2 aromatic heterocycles. The Hall–Kier alpha value is -2.67. The average molecular weight is 459 g/mol. The molecule has 3 rings (SSSR count). The number of alkyl halides is 2. The van der Waals surface area contributed by atoms with Crippen LogP contribution in [0.2, 0.25) is 0 Å². The molecule has 31 heavy (non-hydrogen) atoms. The zero-order valence-corrected chi connectivity index (χ0v) is 18.1. The van der Waals surface area contributed by atoms with Gasteiger partial charge in [0, 0.05) is 20.0 Å². The Labute approximate surface area is 178 Å². The second-order valence-corrected chi connectivity index (χ2v) is 9.32. The topological polar surface area (TPSA) is 128 Å². The maximum absolute atomic E-state index is 14.2. The highest BCUT2D eigenvalue weighted by atomic mass is 32.2. The second kappa shape index (κ2) is 8.46. The van der Waals surface area contributed by atoms with Crippen molar-refractivity contribution in [2.75, 3.05) is 24.2 Å². The lowest BCUT2D eigenvalue weighted by atomic mass is 9.92. The number of pyridine rings is 1. The van der Waals surface area contributed by atoms with E-state index >= 15 is 0 Å². The summed E-state index contributed by atoms with van der Waals surface area (Å²) in [5, 5.41) is 16.9. The van der Waals surface area contributed by atoms with Crippen molar-refractivity contribution in [1.29, 1.82) is 0 Å². The first-order valence-corrected chi connectivity index (χ1v) is 11.2. The molecule has 0 bridgehead atoms. The third-order valence-electron chi connectivity index (χ3n) is 4.95. The lowest BCUT2D eigenvalue weighted by Gasteiger charge is -2.39. The number of aliphatic carboxylic acids is 1. The van der Waals surface area contributed by atoms with Crippen molar-refractivity contribution in [3.63, 3.8) is 0 Å². The van der Waals surface area contributed by atoms with E-state index in [1.807, 2.05) is 0 Å². The van der Waals surface area contributed by atoms with Gasteiger partial charge in [-0.2, -0.15) is 8.42 Å². The van der Waals surface area contributed by atoms with E-state index in [-0.39, 0.29) is 19.6 Å². The van der Waals surface area contributed by atoms with Crippen LogP contribution in [0.25, 0.3) is 11.4 Å². The smallest absolute Gasteiger partial charge is 0.303 e. The van der Waals surface area contributed by atoms with Gasteiger partial charge in [-0.3, -0.25) is 8.98 Å². The van der Waals surface area contributed by atoms with Crippen molar-refractivity contribution in [2.24, 2.45) is 13.0 Å². The quantitative estimate of drug-likeness (QED) is 0.614. The van der Waals surface area contributed by atoms with E-state index in [0.29, 0.717) is 28.5 Å². The molecule has 2 aromatic rings. The lowest BCUT2D eigenvalue weighted by molar-refractivity contribution is -0.139. The van der Waals surface area contributed by atoms with Crippen LogP contribution in [0, 0.1) is 12.8 Å². The van der Waals surface area contributed by atoms with Crippen molar-refractivity contribution >= 4 is 21.8 Å². The first-order chi connectivity index (χ1) is 14.3. The number of halogens is 2. The summed E-state index contributed by atoms with van der Waals surface area (Å²) in [6.07, 6.45) is 0.128. The first-order valence-electron chi connectivity index (χ1n) is 9.40. The Morgan fingerprint density at radius 3 is 2.71 bits per heavy atom. The third kappa shape index (κ3) is 5.73. The molecule has 0 aliphatic carbocycles. The molecule has 0 radical (unpaired) electrons. The predicted octanol–water partition coefficient (Wildman–Crippen LogP) is 1.60. The third-order valence-corrected chi connectivity index (χ3v) is 5.49. The summed E-state index contributed by atoms with van der Waals surface area (Å²) in [7, 11) is -2.10. The summed E-state index contributed by atoms with van der Waals surface area (Å²) >= 11 is 0. The highest BCUT2D eigenvalue weighted by molar-refractivity contribution is 7.85. The molecule has 3 heterocycles. The van der Waals surface area contributed by atoms with E-state index in [1.165, 1.54) is 9.58 Å². The number of hydrogen-bond acceptors (Lipinski definition) is 8. The van der Waals surface area contributed by atoms with E-state index in [1.54, 1.807) is 26.1 Å². The Morgan fingerprint density at radius 1 is 1.39 bits per heavy atom. The van der Waals surface area contributed by atoms with Crippen LogP contribution in [0.5, 0.6) is 0 Å². The standard InChI is InChI=1S/C18H23F2N5O5S/c1-11-14(25-8-12(6-16(26)27)7-18(19,20)10-25)5-4-13(21-11)17-15(24(2)23-22-17)9-30-31(3,28)29/h4-5,12H,6-10H2,1-3H3,(H,26,27)/t12-/m0/s1. The normalized spacial score (nSPS) is 18.9. The van der Waals surface area contributed by atoms with Gasteiger partial charge in [-0.25, -0.2) is 18.4 Å². The van der Waals surface area contributed by atoms with Gasteiger partial charge in [0.15, 0.2) is 0 Å². The van der Waals surface area contributed by atoms with Crippen LogP contribution >= 0.6 is 0 Å². The number of nitrogens with zero attached hydrogens (tertiary/aromatic N) is 5. The van der Waals surface area contributed by atoms with Gasteiger partial charge < -0.3 is 10.0 Å². The zero-order valence-electron chi connectivity index (χ0n) is 17.2. The van der Waals surface area contributed by atoms with E-state index in [4.69, 9.17) is 9.29 Å². The second-order valence-electron chi connectivity index (χ2n) is 7.68. The molecule has 1 aliphatic rings. The minimum Gasteiger partial charge on any atom is -0.481 e. The Bertz CT molecular complexity index is 1090. The summed E-state index contributed by atoms with van der Waals surface area (Å²) in [4.78, 5) is 16.9. The molecule has 0 amide bonds. The average Bonchev–Trinajstić information content (AvgIpc) is 2.97. The highest BCUT2D eigenvalue weighted by Crippen LogP contribution is 2.36. The molecular formula is C18H23F2N5O5S. The van der Waals surface area contributed by atoms with Gasteiger partial charge in [-0.15, -0.1) is 5.10 Å². The van der Waals surface area contributed by atoms with Gasteiger partial charge >= 0.3 is 5.97 Å². The molecule has 170 valence electrons. The maximum atomic E-state index is 14.2. The van der Waals surface area contributed by atoms with Crippen LogP contribution in [0.4, 0.5) is 14.5 Å². The Kier molecular flexibility index (Phi) is 6.28. The van der Waals surface area contributed by atoms with Crippen LogP contribution in [0.1, 0.15) is 24.2 Å². The minimum atomic E-state index is -3.68. The number of rotatable bonds is 7. The number of aromatic nitrogens is 4.